The molecule has 1 aliphatic rings. The first-order valence-electron chi connectivity index (χ1n) is 4.89. The molecule has 1 fully saturated rings. The number of hydrogen-bond acceptors (Lipinski definition) is 4. The van der Waals surface area contributed by atoms with Crippen molar-refractivity contribution in [3.63, 3.8) is 0 Å². The number of nitrogens with zero attached hydrogens (tertiary/aromatic N) is 1. The highest BCUT2D eigenvalue weighted by Gasteiger charge is 2.20. The third-order valence-electron chi connectivity index (χ3n) is 2.49. The maximum atomic E-state index is 10.8. The third-order valence-corrected chi connectivity index (χ3v) is 2.49. The van der Waals surface area contributed by atoms with E-state index in [4.69, 9.17) is 0 Å². The molecule has 0 unspecified atom stereocenters. The zero-order valence-electron chi connectivity index (χ0n) is 8.49. The molecule has 0 aromatic heterocycles. The summed E-state index contributed by atoms with van der Waals surface area (Å²) in [5.41, 5.74) is 1.66. The normalized spacial score (nSPS) is 15.8. The van der Waals surface area contributed by atoms with E-state index in [1.54, 1.807) is 12.1 Å². The van der Waals surface area contributed by atoms with Crippen LogP contribution in [0.5, 0.6) is 0 Å². The Morgan fingerprint density at radius 2 is 2.27 bits per heavy atom. The van der Waals surface area contributed by atoms with Crippen molar-refractivity contribution in [3.8, 4) is 0 Å². The Hall–Kier alpha value is -1.62. The molecule has 1 aliphatic heterocycles. The Morgan fingerprint density at radius 1 is 1.53 bits per heavy atom. The molecule has 1 aromatic rings. The number of rotatable bonds is 3. The lowest BCUT2D eigenvalue weighted by Gasteiger charge is -2.28. The Balaban J connectivity index is 2.23. The van der Waals surface area contributed by atoms with Crippen molar-refractivity contribution >= 4 is 11.4 Å². The van der Waals surface area contributed by atoms with Crippen molar-refractivity contribution < 1.29 is 4.92 Å². The predicted octanol–water partition coefficient (Wildman–Crippen LogP) is 1.29. The highest BCUT2D eigenvalue weighted by atomic mass is 16.6. The Morgan fingerprint density at radius 3 is 2.80 bits per heavy atom. The van der Waals surface area contributed by atoms with E-state index in [0.717, 1.165) is 18.7 Å². The Labute approximate surface area is 87.6 Å². The summed E-state index contributed by atoms with van der Waals surface area (Å²) in [4.78, 5) is 10.5. The fourth-order valence-electron chi connectivity index (χ4n) is 1.53. The minimum Gasteiger partial charge on any atom is -0.374 e. The summed E-state index contributed by atoms with van der Waals surface area (Å²) in [6.45, 7) is 3.58. The number of hydrogen-bond donors (Lipinski definition) is 2. The largest absolute Gasteiger partial charge is 0.374 e. The highest BCUT2D eigenvalue weighted by Crippen LogP contribution is 2.26. The summed E-state index contributed by atoms with van der Waals surface area (Å²) in [5.74, 6) is 0. The van der Waals surface area contributed by atoms with Crippen molar-refractivity contribution in [3.05, 3.63) is 33.9 Å². The van der Waals surface area contributed by atoms with E-state index in [9.17, 15) is 10.1 Å². The van der Waals surface area contributed by atoms with Gasteiger partial charge in [0.05, 0.1) is 11.0 Å². The molecule has 1 saturated heterocycles. The van der Waals surface area contributed by atoms with Gasteiger partial charge in [0.1, 0.15) is 5.69 Å². The first-order valence-corrected chi connectivity index (χ1v) is 4.89. The number of nitrogens with one attached hydrogen (secondary N) is 2. The quantitative estimate of drug-likeness (QED) is 0.579. The number of nitro groups is 1. The molecule has 80 valence electrons. The molecule has 5 nitrogen and oxygen atoms in total. The van der Waals surface area contributed by atoms with Gasteiger partial charge in [0.15, 0.2) is 0 Å². The van der Waals surface area contributed by atoms with E-state index in [1.165, 1.54) is 0 Å². The van der Waals surface area contributed by atoms with Gasteiger partial charge in [0.2, 0.25) is 0 Å². The first kappa shape index (κ1) is 9.92. The lowest BCUT2D eigenvalue weighted by Crippen LogP contribution is -2.51. The number of aryl methyl sites for hydroxylation is 1. The van der Waals surface area contributed by atoms with Crippen LogP contribution in [0.4, 0.5) is 11.4 Å². The topological polar surface area (TPSA) is 67.2 Å². The Bertz CT molecular complexity index is 388. The van der Waals surface area contributed by atoms with Crippen LogP contribution in [0.2, 0.25) is 0 Å². The van der Waals surface area contributed by atoms with Gasteiger partial charge in [-0.25, -0.2) is 0 Å². The standard InChI is InChI=1S/C10H13N3O2/c1-7-2-3-9(10(4-7)13(14)15)12-8-5-11-6-8/h2-4,8,11-12H,5-6H2,1H3. The maximum absolute atomic E-state index is 10.8. The van der Waals surface area contributed by atoms with Crippen molar-refractivity contribution in [1.29, 1.82) is 0 Å². The van der Waals surface area contributed by atoms with Gasteiger partial charge in [-0.3, -0.25) is 10.1 Å². The number of benzene rings is 1. The Kier molecular flexibility index (Phi) is 2.55. The molecule has 0 radical (unpaired) electrons. The lowest BCUT2D eigenvalue weighted by molar-refractivity contribution is -0.384. The minimum atomic E-state index is -0.346. The van der Waals surface area contributed by atoms with Crippen LogP contribution in [-0.2, 0) is 0 Å². The van der Waals surface area contributed by atoms with Crippen LogP contribution >= 0.6 is 0 Å². The van der Waals surface area contributed by atoms with Gasteiger partial charge >= 0.3 is 0 Å². The van der Waals surface area contributed by atoms with Crippen molar-refractivity contribution in [2.75, 3.05) is 18.4 Å². The highest BCUT2D eigenvalue weighted by molar-refractivity contribution is 5.63. The molecular formula is C10H13N3O2. The summed E-state index contributed by atoms with van der Waals surface area (Å²) in [6, 6.07) is 5.55. The monoisotopic (exact) mass is 207 g/mol. The van der Waals surface area contributed by atoms with Crippen LogP contribution in [0.1, 0.15) is 5.56 Å². The molecule has 0 aliphatic carbocycles. The summed E-state index contributed by atoms with van der Waals surface area (Å²) >= 11 is 0. The van der Waals surface area contributed by atoms with Crippen LogP contribution in [0.3, 0.4) is 0 Å². The zero-order valence-corrected chi connectivity index (χ0v) is 8.49. The van der Waals surface area contributed by atoms with Gasteiger partial charge < -0.3 is 10.6 Å². The number of nitro benzene ring substituents is 1. The van der Waals surface area contributed by atoms with Crippen molar-refractivity contribution in [1.82, 2.24) is 5.32 Å². The lowest BCUT2D eigenvalue weighted by atomic mass is 10.1. The van der Waals surface area contributed by atoms with Gasteiger partial charge in [0, 0.05) is 19.2 Å². The van der Waals surface area contributed by atoms with Crippen LogP contribution in [0, 0.1) is 17.0 Å². The fraction of sp³-hybridized carbons (Fsp3) is 0.400. The van der Waals surface area contributed by atoms with Crippen LogP contribution in [0.15, 0.2) is 18.2 Å². The molecule has 1 aromatic carbocycles. The zero-order chi connectivity index (χ0) is 10.8. The summed E-state index contributed by atoms with van der Waals surface area (Å²) in [5, 5.41) is 17.1. The third kappa shape index (κ3) is 2.07. The first-order chi connectivity index (χ1) is 7.16. The molecule has 0 bridgehead atoms. The molecular weight excluding hydrogens is 194 g/mol. The second-order valence-corrected chi connectivity index (χ2v) is 3.78. The average molecular weight is 207 g/mol. The van der Waals surface area contributed by atoms with Crippen molar-refractivity contribution in [2.24, 2.45) is 0 Å². The molecule has 5 heteroatoms. The second kappa shape index (κ2) is 3.86. The molecule has 2 N–H and O–H groups in total. The molecule has 0 atom stereocenters. The molecule has 0 saturated carbocycles. The van der Waals surface area contributed by atoms with Gasteiger partial charge in [-0.15, -0.1) is 0 Å². The maximum Gasteiger partial charge on any atom is 0.292 e. The van der Waals surface area contributed by atoms with E-state index in [1.807, 2.05) is 13.0 Å². The van der Waals surface area contributed by atoms with Gasteiger partial charge in [-0.1, -0.05) is 6.07 Å². The number of anilines is 1. The van der Waals surface area contributed by atoms with E-state index in [2.05, 4.69) is 10.6 Å². The molecule has 0 amide bonds. The fourth-order valence-corrected chi connectivity index (χ4v) is 1.53. The summed E-state index contributed by atoms with van der Waals surface area (Å²) < 4.78 is 0. The van der Waals surface area contributed by atoms with Gasteiger partial charge in [0.25, 0.3) is 5.69 Å². The molecule has 2 rings (SSSR count). The van der Waals surface area contributed by atoms with Gasteiger partial charge in [-0.05, 0) is 18.6 Å². The molecule has 0 spiro atoms. The van der Waals surface area contributed by atoms with E-state index in [0.29, 0.717) is 11.7 Å². The van der Waals surface area contributed by atoms with Crippen LogP contribution in [-0.4, -0.2) is 24.1 Å². The molecule has 15 heavy (non-hydrogen) atoms. The summed E-state index contributed by atoms with van der Waals surface area (Å²) in [6.07, 6.45) is 0. The summed E-state index contributed by atoms with van der Waals surface area (Å²) in [7, 11) is 0. The van der Waals surface area contributed by atoms with Gasteiger partial charge in [-0.2, -0.15) is 0 Å². The average Bonchev–Trinajstić information content (AvgIpc) is 2.12. The molecule has 1 heterocycles. The SMILES string of the molecule is Cc1ccc(NC2CNC2)c([N+](=O)[O-])c1. The predicted molar refractivity (Wildman–Crippen MR) is 58.1 cm³/mol. The van der Waals surface area contributed by atoms with Crippen LogP contribution < -0.4 is 10.6 Å². The van der Waals surface area contributed by atoms with E-state index < -0.39 is 0 Å². The van der Waals surface area contributed by atoms with E-state index >= 15 is 0 Å². The van der Waals surface area contributed by atoms with Crippen molar-refractivity contribution in [2.45, 2.75) is 13.0 Å². The second-order valence-electron chi connectivity index (χ2n) is 3.78. The van der Waals surface area contributed by atoms with Crippen LogP contribution in [0.25, 0.3) is 0 Å². The van der Waals surface area contributed by atoms with E-state index in [-0.39, 0.29) is 10.6 Å². The smallest absolute Gasteiger partial charge is 0.292 e. The minimum absolute atomic E-state index is 0.155.